The van der Waals surface area contributed by atoms with E-state index in [1.807, 2.05) is 19.9 Å². The normalized spacial score (nSPS) is 16.9. The zero-order valence-electron chi connectivity index (χ0n) is 22.5. The molecule has 4 N–H and O–H groups in total. The maximum Gasteiger partial charge on any atom is 0.201 e. The average Bonchev–Trinajstić information content (AvgIpc) is 2.90. The van der Waals surface area contributed by atoms with Crippen LogP contribution in [0.1, 0.15) is 77.1 Å². The summed E-state index contributed by atoms with van der Waals surface area (Å²) in [5, 5.41) is 43.2. The highest BCUT2D eigenvalue weighted by Crippen LogP contribution is 2.58. The van der Waals surface area contributed by atoms with E-state index in [1.54, 1.807) is 18.2 Å². The predicted octanol–water partition coefficient (Wildman–Crippen LogP) is 5.85. The van der Waals surface area contributed by atoms with Gasteiger partial charge in [0.15, 0.2) is 0 Å². The van der Waals surface area contributed by atoms with Crippen molar-refractivity contribution in [1.29, 1.82) is 0 Å². The van der Waals surface area contributed by atoms with Gasteiger partial charge >= 0.3 is 0 Å². The van der Waals surface area contributed by atoms with Crippen molar-refractivity contribution < 1.29 is 39.5 Å². The molecule has 41 heavy (non-hydrogen) atoms. The van der Waals surface area contributed by atoms with E-state index in [0.29, 0.717) is 11.1 Å². The highest BCUT2D eigenvalue weighted by Gasteiger charge is 2.47. The smallest absolute Gasteiger partial charge is 0.201 e. The standard InChI is InChI=1S/C32H25ClO8/c1-12-5-15-23(17-9-14(34)10-18(35)24(17)31(38)25(15)21(7-12)40-3)27-16-6-13(2)8-22(41-4)26(16)32(39)28-19(36)11-20(37)30(33)29(27)28/h5-11,23,27,34-37H,1-4H3. The summed E-state index contributed by atoms with van der Waals surface area (Å²) in [6, 6.07) is 10.5. The third-order valence-electron chi connectivity index (χ3n) is 7.94. The van der Waals surface area contributed by atoms with E-state index >= 15 is 0 Å². The van der Waals surface area contributed by atoms with Gasteiger partial charge in [0.05, 0.1) is 41.5 Å². The highest BCUT2D eigenvalue weighted by atomic mass is 35.5. The Kier molecular flexibility index (Phi) is 5.94. The Morgan fingerprint density at radius 3 is 1.66 bits per heavy atom. The van der Waals surface area contributed by atoms with Gasteiger partial charge in [0.25, 0.3) is 0 Å². The Morgan fingerprint density at radius 2 is 1.10 bits per heavy atom. The van der Waals surface area contributed by atoms with Crippen LogP contribution in [-0.4, -0.2) is 46.2 Å². The number of fused-ring (bicyclic) bond motifs is 4. The quantitative estimate of drug-likeness (QED) is 0.240. The van der Waals surface area contributed by atoms with Crippen LogP contribution < -0.4 is 9.47 Å². The molecule has 2 aliphatic carbocycles. The van der Waals surface area contributed by atoms with E-state index in [0.717, 1.165) is 23.3 Å². The molecule has 9 heteroatoms. The summed E-state index contributed by atoms with van der Waals surface area (Å²) in [6.07, 6.45) is 0. The number of ether oxygens (including phenoxy) is 2. The molecule has 2 unspecified atom stereocenters. The largest absolute Gasteiger partial charge is 0.508 e. The molecule has 0 aliphatic heterocycles. The monoisotopic (exact) mass is 572 g/mol. The Bertz CT molecular complexity index is 1840. The van der Waals surface area contributed by atoms with E-state index in [-0.39, 0.29) is 55.7 Å². The summed E-state index contributed by atoms with van der Waals surface area (Å²) in [5.74, 6) is -3.84. The van der Waals surface area contributed by atoms with Gasteiger partial charge in [-0.25, -0.2) is 0 Å². The van der Waals surface area contributed by atoms with Crippen LogP contribution in [0.15, 0.2) is 42.5 Å². The number of aryl methyl sites for hydroxylation is 2. The van der Waals surface area contributed by atoms with Crippen molar-refractivity contribution in [3.63, 3.8) is 0 Å². The molecule has 0 spiro atoms. The van der Waals surface area contributed by atoms with Crippen LogP contribution >= 0.6 is 11.6 Å². The van der Waals surface area contributed by atoms with Crippen LogP contribution in [0.4, 0.5) is 0 Å². The molecule has 0 aromatic heterocycles. The molecule has 8 nitrogen and oxygen atoms in total. The fourth-order valence-corrected chi connectivity index (χ4v) is 6.71. The Morgan fingerprint density at radius 1 is 0.610 bits per heavy atom. The van der Waals surface area contributed by atoms with E-state index in [1.165, 1.54) is 20.3 Å². The number of benzene rings is 4. The zero-order valence-corrected chi connectivity index (χ0v) is 23.3. The second kappa shape index (κ2) is 9.17. The van der Waals surface area contributed by atoms with Crippen LogP contribution in [-0.2, 0) is 0 Å². The Labute approximate surface area is 240 Å². The molecule has 0 bridgehead atoms. The van der Waals surface area contributed by atoms with Crippen LogP contribution in [0, 0.1) is 13.8 Å². The molecule has 0 saturated carbocycles. The topological polar surface area (TPSA) is 134 Å². The highest BCUT2D eigenvalue weighted by molar-refractivity contribution is 6.34. The second-order valence-electron chi connectivity index (χ2n) is 10.4. The summed E-state index contributed by atoms with van der Waals surface area (Å²) in [6.45, 7) is 3.67. The van der Waals surface area contributed by atoms with Gasteiger partial charge < -0.3 is 29.9 Å². The number of carbonyl (C=O) groups excluding carboxylic acids is 2. The minimum Gasteiger partial charge on any atom is -0.508 e. The molecule has 2 atom stereocenters. The first kappa shape index (κ1) is 26.5. The van der Waals surface area contributed by atoms with Crippen molar-refractivity contribution in [1.82, 2.24) is 0 Å². The van der Waals surface area contributed by atoms with Gasteiger partial charge in [-0.3, -0.25) is 9.59 Å². The van der Waals surface area contributed by atoms with Crippen LogP contribution in [0.3, 0.4) is 0 Å². The molecule has 0 amide bonds. The first-order valence-electron chi connectivity index (χ1n) is 12.7. The van der Waals surface area contributed by atoms with Crippen LogP contribution in [0.25, 0.3) is 0 Å². The van der Waals surface area contributed by atoms with E-state index < -0.39 is 40.7 Å². The average molecular weight is 573 g/mol. The molecule has 208 valence electrons. The molecule has 4 aromatic rings. The van der Waals surface area contributed by atoms with Crippen LogP contribution in [0.5, 0.6) is 34.5 Å². The maximum absolute atomic E-state index is 14.0. The third kappa shape index (κ3) is 3.67. The van der Waals surface area contributed by atoms with Crippen molar-refractivity contribution in [3.05, 3.63) is 103 Å². The van der Waals surface area contributed by atoms with Crippen molar-refractivity contribution in [2.45, 2.75) is 25.7 Å². The fourth-order valence-electron chi connectivity index (χ4n) is 6.44. The lowest BCUT2D eigenvalue weighted by atomic mass is 9.63. The van der Waals surface area contributed by atoms with Gasteiger partial charge in [-0.15, -0.1) is 0 Å². The van der Waals surface area contributed by atoms with Gasteiger partial charge in [-0.2, -0.15) is 0 Å². The minimum atomic E-state index is -0.893. The first-order chi connectivity index (χ1) is 19.5. The lowest BCUT2D eigenvalue weighted by molar-refractivity contribution is 0.101. The van der Waals surface area contributed by atoms with Gasteiger partial charge in [0, 0.05) is 24.0 Å². The molecule has 0 heterocycles. The number of phenolic OH excluding ortho intramolecular Hbond substituents is 4. The molecule has 0 radical (unpaired) electrons. The number of halogens is 1. The summed E-state index contributed by atoms with van der Waals surface area (Å²) in [4.78, 5) is 27.9. The van der Waals surface area contributed by atoms with Gasteiger partial charge in [-0.05, 0) is 65.4 Å². The van der Waals surface area contributed by atoms with Gasteiger partial charge in [-0.1, -0.05) is 23.7 Å². The van der Waals surface area contributed by atoms with Gasteiger partial charge in [0.1, 0.15) is 34.5 Å². The maximum atomic E-state index is 14.0. The summed E-state index contributed by atoms with van der Waals surface area (Å²) in [7, 11) is 2.87. The number of carbonyl (C=O) groups is 2. The molecule has 6 rings (SSSR count). The van der Waals surface area contributed by atoms with Crippen LogP contribution in [0.2, 0.25) is 5.02 Å². The Balaban J connectivity index is 1.83. The lowest BCUT2D eigenvalue weighted by Crippen LogP contribution is -2.30. The van der Waals surface area contributed by atoms with Crippen molar-refractivity contribution in [2.24, 2.45) is 0 Å². The molecule has 2 aliphatic rings. The third-order valence-corrected chi connectivity index (χ3v) is 8.34. The van der Waals surface area contributed by atoms with Gasteiger partial charge in [0.2, 0.25) is 11.6 Å². The number of hydrogen-bond donors (Lipinski definition) is 4. The van der Waals surface area contributed by atoms with E-state index in [4.69, 9.17) is 21.1 Å². The Hall–Kier alpha value is -4.69. The number of phenols is 4. The number of methoxy groups -OCH3 is 2. The molecule has 0 saturated heterocycles. The molecule has 4 aromatic carbocycles. The van der Waals surface area contributed by atoms with E-state index in [9.17, 15) is 30.0 Å². The van der Waals surface area contributed by atoms with E-state index in [2.05, 4.69) is 0 Å². The first-order valence-corrected chi connectivity index (χ1v) is 13.1. The lowest BCUT2D eigenvalue weighted by Gasteiger charge is -2.39. The number of rotatable bonds is 3. The summed E-state index contributed by atoms with van der Waals surface area (Å²) < 4.78 is 11.2. The minimum absolute atomic E-state index is 0.0393. The fraction of sp³-hybridized carbons (Fsp3) is 0.188. The van der Waals surface area contributed by atoms with Crippen molar-refractivity contribution in [2.75, 3.05) is 14.2 Å². The molecular formula is C32H25ClO8. The SMILES string of the molecule is COc1cc(C)cc2c1C(=O)c1c(O)cc(O)cc1C2C1c2cc(C)cc(OC)c2C(=O)c2c(O)cc(O)c(Cl)c21. The zero-order chi connectivity index (χ0) is 29.5. The summed E-state index contributed by atoms with van der Waals surface area (Å²) >= 11 is 6.74. The number of ketones is 2. The molecule has 0 fully saturated rings. The van der Waals surface area contributed by atoms with Crippen molar-refractivity contribution >= 4 is 23.2 Å². The second-order valence-corrected chi connectivity index (χ2v) is 10.8. The molecular weight excluding hydrogens is 548 g/mol. The van der Waals surface area contributed by atoms with Crippen molar-refractivity contribution in [3.8, 4) is 34.5 Å². The predicted molar refractivity (Wildman–Crippen MR) is 151 cm³/mol. The summed E-state index contributed by atoms with van der Waals surface area (Å²) in [5.41, 5.74) is 3.18. The number of aromatic hydroxyl groups is 4. The number of hydrogen-bond acceptors (Lipinski definition) is 8.